The largest absolute Gasteiger partial charge is 0.374 e. The SMILES string of the molecule is CCN1CCN(c2ccccc2NC(=O)c2ccc(COC(C)C)cc2)CC1. The van der Waals surface area contributed by atoms with Gasteiger partial charge in [-0.25, -0.2) is 0 Å². The lowest BCUT2D eigenvalue weighted by atomic mass is 10.1. The number of carbonyl (C=O) groups excluding carboxylic acids is 1. The van der Waals surface area contributed by atoms with E-state index in [9.17, 15) is 4.79 Å². The summed E-state index contributed by atoms with van der Waals surface area (Å²) < 4.78 is 5.61. The monoisotopic (exact) mass is 381 g/mol. The number of nitrogens with zero attached hydrogens (tertiary/aromatic N) is 2. The van der Waals surface area contributed by atoms with Crippen molar-refractivity contribution in [1.29, 1.82) is 0 Å². The highest BCUT2D eigenvalue weighted by atomic mass is 16.5. The van der Waals surface area contributed by atoms with Gasteiger partial charge in [0.05, 0.1) is 24.1 Å². The van der Waals surface area contributed by atoms with Gasteiger partial charge in [0.2, 0.25) is 0 Å². The number of carbonyl (C=O) groups is 1. The molecule has 2 aromatic carbocycles. The number of piperazine rings is 1. The van der Waals surface area contributed by atoms with E-state index in [0.29, 0.717) is 12.2 Å². The van der Waals surface area contributed by atoms with E-state index >= 15 is 0 Å². The molecule has 1 saturated heterocycles. The Labute approximate surface area is 168 Å². The summed E-state index contributed by atoms with van der Waals surface area (Å²) in [7, 11) is 0. The van der Waals surface area contributed by atoms with Gasteiger partial charge < -0.3 is 19.9 Å². The quantitative estimate of drug-likeness (QED) is 0.787. The van der Waals surface area contributed by atoms with Crippen LogP contribution < -0.4 is 10.2 Å². The molecule has 0 bridgehead atoms. The van der Waals surface area contributed by atoms with E-state index < -0.39 is 0 Å². The van der Waals surface area contributed by atoms with Gasteiger partial charge in [-0.15, -0.1) is 0 Å². The van der Waals surface area contributed by atoms with Crippen LogP contribution in [-0.2, 0) is 11.3 Å². The maximum absolute atomic E-state index is 12.8. The summed E-state index contributed by atoms with van der Waals surface area (Å²) in [5.74, 6) is -0.0871. The fourth-order valence-corrected chi connectivity index (χ4v) is 3.37. The third kappa shape index (κ3) is 5.33. The van der Waals surface area contributed by atoms with E-state index in [4.69, 9.17) is 4.74 Å². The van der Waals surface area contributed by atoms with Crippen LogP contribution >= 0.6 is 0 Å². The Morgan fingerprint density at radius 3 is 2.36 bits per heavy atom. The zero-order chi connectivity index (χ0) is 19.9. The average molecular weight is 382 g/mol. The Hall–Kier alpha value is -2.37. The Kier molecular flexibility index (Phi) is 7.06. The molecule has 0 spiro atoms. The number of hydrogen-bond donors (Lipinski definition) is 1. The van der Waals surface area contributed by atoms with E-state index in [2.05, 4.69) is 28.1 Å². The molecule has 28 heavy (non-hydrogen) atoms. The number of hydrogen-bond acceptors (Lipinski definition) is 4. The second kappa shape index (κ2) is 9.71. The van der Waals surface area contributed by atoms with Crippen molar-refractivity contribution < 1.29 is 9.53 Å². The number of benzene rings is 2. The summed E-state index contributed by atoms with van der Waals surface area (Å²) in [6.45, 7) is 11.9. The minimum Gasteiger partial charge on any atom is -0.374 e. The Bertz CT molecular complexity index is 766. The first-order valence-electron chi connectivity index (χ1n) is 10.1. The van der Waals surface area contributed by atoms with Crippen molar-refractivity contribution in [2.24, 2.45) is 0 Å². The number of anilines is 2. The molecular weight excluding hydrogens is 350 g/mol. The summed E-state index contributed by atoms with van der Waals surface area (Å²) in [6, 6.07) is 15.7. The van der Waals surface area contributed by atoms with E-state index in [-0.39, 0.29) is 12.0 Å². The van der Waals surface area contributed by atoms with Crippen molar-refractivity contribution in [3.63, 3.8) is 0 Å². The number of para-hydroxylation sites is 2. The third-order valence-corrected chi connectivity index (χ3v) is 5.11. The van der Waals surface area contributed by atoms with Crippen molar-refractivity contribution in [1.82, 2.24) is 4.90 Å². The number of amides is 1. The molecular formula is C23H31N3O2. The van der Waals surface area contributed by atoms with E-state index in [1.165, 1.54) is 0 Å². The van der Waals surface area contributed by atoms with Gasteiger partial charge in [0.25, 0.3) is 5.91 Å². The van der Waals surface area contributed by atoms with Crippen LogP contribution in [0.25, 0.3) is 0 Å². The summed E-state index contributed by atoms with van der Waals surface area (Å²) in [5.41, 5.74) is 3.68. The Balaban J connectivity index is 1.66. The van der Waals surface area contributed by atoms with Crippen molar-refractivity contribution in [2.75, 3.05) is 42.9 Å². The minimum atomic E-state index is -0.0871. The van der Waals surface area contributed by atoms with Crippen molar-refractivity contribution >= 4 is 17.3 Å². The molecule has 1 amide bonds. The second-order valence-electron chi connectivity index (χ2n) is 7.45. The first-order valence-corrected chi connectivity index (χ1v) is 10.1. The lowest BCUT2D eigenvalue weighted by Crippen LogP contribution is -2.46. The summed E-state index contributed by atoms with van der Waals surface area (Å²) >= 11 is 0. The molecule has 0 atom stereocenters. The molecule has 1 aliphatic heterocycles. The highest BCUT2D eigenvalue weighted by molar-refractivity contribution is 6.06. The van der Waals surface area contributed by atoms with Crippen LogP contribution in [0.4, 0.5) is 11.4 Å². The summed E-state index contributed by atoms with van der Waals surface area (Å²) in [4.78, 5) is 17.6. The van der Waals surface area contributed by atoms with Crippen molar-refractivity contribution in [3.8, 4) is 0 Å². The number of rotatable bonds is 7. The maximum atomic E-state index is 12.8. The number of nitrogens with one attached hydrogen (secondary N) is 1. The smallest absolute Gasteiger partial charge is 0.255 e. The standard InChI is InChI=1S/C23H31N3O2/c1-4-25-13-15-26(16-14-25)22-8-6-5-7-21(22)24-23(27)20-11-9-19(10-12-20)17-28-18(2)3/h5-12,18H,4,13-17H2,1-3H3,(H,24,27). The van der Waals surface area contributed by atoms with Crippen molar-refractivity contribution in [3.05, 3.63) is 59.7 Å². The topological polar surface area (TPSA) is 44.8 Å². The molecule has 1 aliphatic rings. The fraction of sp³-hybridized carbons (Fsp3) is 0.435. The van der Waals surface area contributed by atoms with Crippen LogP contribution in [0.5, 0.6) is 0 Å². The van der Waals surface area contributed by atoms with Crippen LogP contribution in [-0.4, -0.2) is 49.6 Å². The van der Waals surface area contributed by atoms with Crippen LogP contribution in [0.3, 0.4) is 0 Å². The van der Waals surface area contributed by atoms with Gasteiger partial charge in [-0.1, -0.05) is 31.2 Å². The molecule has 0 radical (unpaired) electrons. The van der Waals surface area contributed by atoms with Gasteiger partial charge in [0.1, 0.15) is 0 Å². The zero-order valence-corrected chi connectivity index (χ0v) is 17.1. The molecule has 1 heterocycles. The third-order valence-electron chi connectivity index (χ3n) is 5.11. The predicted octanol–water partition coefficient (Wildman–Crippen LogP) is 4.01. The van der Waals surface area contributed by atoms with Gasteiger partial charge in [-0.05, 0) is 50.2 Å². The van der Waals surface area contributed by atoms with Gasteiger partial charge in [0.15, 0.2) is 0 Å². The molecule has 0 saturated carbocycles. The predicted molar refractivity (Wildman–Crippen MR) is 115 cm³/mol. The highest BCUT2D eigenvalue weighted by Gasteiger charge is 2.19. The molecule has 0 aromatic heterocycles. The molecule has 2 aromatic rings. The number of likely N-dealkylation sites (N-methyl/N-ethyl adjacent to an activating group) is 1. The lowest BCUT2D eigenvalue weighted by Gasteiger charge is -2.36. The molecule has 3 rings (SSSR count). The van der Waals surface area contributed by atoms with Crippen molar-refractivity contribution in [2.45, 2.75) is 33.5 Å². The lowest BCUT2D eigenvalue weighted by molar-refractivity contribution is 0.0657. The Morgan fingerprint density at radius 1 is 1.04 bits per heavy atom. The first kappa shape index (κ1) is 20.4. The summed E-state index contributed by atoms with van der Waals surface area (Å²) in [6.07, 6.45) is 0.193. The first-order chi connectivity index (χ1) is 13.6. The molecule has 150 valence electrons. The van der Waals surface area contributed by atoms with E-state index in [1.54, 1.807) is 0 Å². The van der Waals surface area contributed by atoms with E-state index in [1.807, 2.05) is 56.3 Å². The Morgan fingerprint density at radius 2 is 1.71 bits per heavy atom. The molecule has 0 unspecified atom stereocenters. The fourth-order valence-electron chi connectivity index (χ4n) is 3.37. The molecule has 0 aliphatic carbocycles. The molecule has 5 heteroatoms. The van der Waals surface area contributed by atoms with Crippen LogP contribution in [0.1, 0.15) is 36.7 Å². The van der Waals surface area contributed by atoms with Gasteiger partial charge in [-0.3, -0.25) is 4.79 Å². The highest BCUT2D eigenvalue weighted by Crippen LogP contribution is 2.27. The normalized spacial score (nSPS) is 15.1. The average Bonchev–Trinajstić information content (AvgIpc) is 2.73. The maximum Gasteiger partial charge on any atom is 0.255 e. The van der Waals surface area contributed by atoms with Crippen LogP contribution in [0.15, 0.2) is 48.5 Å². The molecule has 1 fully saturated rings. The summed E-state index contributed by atoms with van der Waals surface area (Å²) in [5, 5.41) is 3.09. The second-order valence-corrected chi connectivity index (χ2v) is 7.45. The van der Waals surface area contributed by atoms with Crippen LogP contribution in [0, 0.1) is 0 Å². The van der Waals surface area contributed by atoms with Gasteiger partial charge in [-0.2, -0.15) is 0 Å². The van der Waals surface area contributed by atoms with E-state index in [0.717, 1.165) is 49.7 Å². The van der Waals surface area contributed by atoms with Gasteiger partial charge >= 0.3 is 0 Å². The van der Waals surface area contributed by atoms with Gasteiger partial charge in [0, 0.05) is 31.7 Å². The zero-order valence-electron chi connectivity index (χ0n) is 17.1. The molecule has 1 N–H and O–H groups in total. The molecule has 5 nitrogen and oxygen atoms in total. The van der Waals surface area contributed by atoms with Crippen LogP contribution in [0.2, 0.25) is 0 Å². The minimum absolute atomic E-state index is 0.0871. The number of ether oxygens (including phenoxy) is 1.